The summed E-state index contributed by atoms with van der Waals surface area (Å²) >= 11 is 0. The van der Waals surface area contributed by atoms with Crippen molar-refractivity contribution < 1.29 is 0 Å². The van der Waals surface area contributed by atoms with E-state index in [2.05, 4.69) is 58.2 Å². The molecule has 1 aliphatic rings. The van der Waals surface area contributed by atoms with E-state index in [4.69, 9.17) is 0 Å². The number of pyridine rings is 1. The van der Waals surface area contributed by atoms with Crippen molar-refractivity contribution in [3.63, 3.8) is 0 Å². The van der Waals surface area contributed by atoms with Crippen LogP contribution in [-0.4, -0.2) is 74.7 Å². The number of anilines is 2. The van der Waals surface area contributed by atoms with E-state index in [9.17, 15) is 0 Å². The van der Waals surface area contributed by atoms with Crippen LogP contribution in [0.2, 0.25) is 0 Å². The number of nitrogens with one attached hydrogen (secondary N) is 1. The Balaban J connectivity index is 1.85. The van der Waals surface area contributed by atoms with Gasteiger partial charge in [0.15, 0.2) is 0 Å². The lowest BCUT2D eigenvalue weighted by atomic mass is 10.2. The van der Waals surface area contributed by atoms with E-state index in [0.29, 0.717) is 0 Å². The molecular weight excluding hydrogens is 250 g/mol. The largest absolute Gasteiger partial charge is 0.370 e. The lowest BCUT2D eigenvalue weighted by Gasteiger charge is -2.36. The molecule has 0 bridgehead atoms. The molecule has 5 nitrogen and oxygen atoms in total. The van der Waals surface area contributed by atoms with Gasteiger partial charge in [0.05, 0.1) is 0 Å². The number of likely N-dealkylation sites (N-methyl/N-ethyl adjacent to an activating group) is 1. The third-order valence-corrected chi connectivity index (χ3v) is 3.70. The topological polar surface area (TPSA) is 34.6 Å². The van der Waals surface area contributed by atoms with Crippen molar-refractivity contribution in [3.05, 3.63) is 18.3 Å². The molecule has 5 heteroatoms. The van der Waals surface area contributed by atoms with Crippen molar-refractivity contribution in [3.8, 4) is 0 Å². The van der Waals surface area contributed by atoms with E-state index in [-0.39, 0.29) is 0 Å². The monoisotopic (exact) mass is 277 g/mol. The highest BCUT2D eigenvalue weighted by Crippen LogP contribution is 2.18. The lowest BCUT2D eigenvalue weighted by molar-refractivity contribution is 0.229. The standard InChI is InChI=1S/C15H27N5/c1-4-16-15-13-14(5-6-17-15)20-11-9-19(10-12-20)8-7-18(2)3/h5-6,13H,4,7-12H2,1-3H3,(H,16,17). The Hall–Kier alpha value is -1.33. The summed E-state index contributed by atoms with van der Waals surface area (Å²) in [6.45, 7) is 9.80. The van der Waals surface area contributed by atoms with Crippen LogP contribution in [-0.2, 0) is 0 Å². The fourth-order valence-electron chi connectivity index (χ4n) is 2.46. The molecule has 0 unspecified atom stereocenters. The summed E-state index contributed by atoms with van der Waals surface area (Å²) in [5.74, 6) is 0.972. The lowest BCUT2D eigenvalue weighted by Crippen LogP contribution is -2.48. The van der Waals surface area contributed by atoms with Gasteiger partial charge >= 0.3 is 0 Å². The van der Waals surface area contributed by atoms with Crippen LogP contribution in [0, 0.1) is 0 Å². The number of hydrogen-bond acceptors (Lipinski definition) is 5. The minimum atomic E-state index is 0.911. The van der Waals surface area contributed by atoms with Gasteiger partial charge in [0, 0.05) is 63.8 Å². The van der Waals surface area contributed by atoms with Gasteiger partial charge < -0.3 is 15.1 Å². The van der Waals surface area contributed by atoms with E-state index >= 15 is 0 Å². The number of rotatable bonds is 6. The van der Waals surface area contributed by atoms with E-state index in [1.54, 1.807) is 0 Å². The van der Waals surface area contributed by atoms with Gasteiger partial charge in [0.1, 0.15) is 5.82 Å². The normalized spacial score (nSPS) is 16.7. The van der Waals surface area contributed by atoms with Crippen molar-refractivity contribution in [2.24, 2.45) is 0 Å². The van der Waals surface area contributed by atoms with Gasteiger partial charge in [0.25, 0.3) is 0 Å². The summed E-state index contributed by atoms with van der Waals surface area (Å²) in [7, 11) is 4.27. The maximum atomic E-state index is 4.33. The summed E-state index contributed by atoms with van der Waals surface area (Å²) in [6.07, 6.45) is 1.89. The van der Waals surface area contributed by atoms with E-state index in [1.165, 1.54) is 12.2 Å². The van der Waals surface area contributed by atoms with Crippen LogP contribution in [0.5, 0.6) is 0 Å². The highest BCUT2D eigenvalue weighted by atomic mass is 15.3. The first kappa shape index (κ1) is 15.1. The first-order chi connectivity index (χ1) is 9.69. The zero-order valence-electron chi connectivity index (χ0n) is 13.0. The molecule has 0 amide bonds. The van der Waals surface area contributed by atoms with Gasteiger partial charge in [-0.2, -0.15) is 0 Å². The fourth-order valence-corrected chi connectivity index (χ4v) is 2.46. The Morgan fingerprint density at radius 2 is 2.00 bits per heavy atom. The summed E-state index contributed by atoms with van der Waals surface area (Å²) in [4.78, 5) is 11.6. The Morgan fingerprint density at radius 1 is 1.25 bits per heavy atom. The minimum absolute atomic E-state index is 0.911. The van der Waals surface area contributed by atoms with Crippen LogP contribution < -0.4 is 10.2 Å². The molecule has 1 aromatic rings. The molecule has 2 rings (SSSR count). The molecule has 0 aliphatic carbocycles. The highest BCUT2D eigenvalue weighted by molar-refractivity contribution is 5.54. The highest BCUT2D eigenvalue weighted by Gasteiger charge is 2.17. The molecule has 2 heterocycles. The Labute approximate surface area is 122 Å². The summed E-state index contributed by atoms with van der Waals surface area (Å²) in [5, 5.41) is 3.27. The molecule has 0 radical (unpaired) electrons. The first-order valence-electron chi connectivity index (χ1n) is 7.51. The average molecular weight is 277 g/mol. The Kier molecular flexibility index (Phi) is 5.61. The third-order valence-electron chi connectivity index (χ3n) is 3.70. The molecule has 0 aromatic carbocycles. The second kappa shape index (κ2) is 7.45. The third kappa shape index (κ3) is 4.35. The number of piperazine rings is 1. The van der Waals surface area contributed by atoms with Gasteiger partial charge in [-0.25, -0.2) is 4.98 Å². The molecular formula is C15H27N5. The second-order valence-corrected chi connectivity index (χ2v) is 5.56. The van der Waals surface area contributed by atoms with Gasteiger partial charge in [-0.15, -0.1) is 0 Å². The van der Waals surface area contributed by atoms with Crippen LogP contribution in [0.25, 0.3) is 0 Å². The van der Waals surface area contributed by atoms with Crippen molar-refractivity contribution in [1.29, 1.82) is 0 Å². The molecule has 1 fully saturated rings. The zero-order valence-corrected chi connectivity index (χ0v) is 13.0. The predicted octanol–water partition coefficient (Wildman–Crippen LogP) is 1.20. The van der Waals surface area contributed by atoms with Crippen LogP contribution in [0.3, 0.4) is 0 Å². The molecule has 1 saturated heterocycles. The van der Waals surface area contributed by atoms with Crippen LogP contribution in [0.15, 0.2) is 18.3 Å². The van der Waals surface area contributed by atoms with Gasteiger partial charge in [-0.05, 0) is 27.1 Å². The fraction of sp³-hybridized carbons (Fsp3) is 0.667. The summed E-state index contributed by atoms with van der Waals surface area (Å²) in [6, 6.07) is 4.26. The van der Waals surface area contributed by atoms with Crippen LogP contribution in [0.4, 0.5) is 11.5 Å². The number of hydrogen-bond donors (Lipinski definition) is 1. The maximum Gasteiger partial charge on any atom is 0.127 e. The van der Waals surface area contributed by atoms with Gasteiger partial charge in [0.2, 0.25) is 0 Å². The molecule has 1 aromatic heterocycles. The van der Waals surface area contributed by atoms with Crippen molar-refractivity contribution in [1.82, 2.24) is 14.8 Å². The van der Waals surface area contributed by atoms with E-state index in [0.717, 1.165) is 45.1 Å². The molecule has 112 valence electrons. The summed E-state index contributed by atoms with van der Waals surface area (Å²) in [5.41, 5.74) is 1.28. The quantitative estimate of drug-likeness (QED) is 0.845. The van der Waals surface area contributed by atoms with Gasteiger partial charge in [-0.1, -0.05) is 0 Å². The molecule has 1 aliphatic heterocycles. The smallest absolute Gasteiger partial charge is 0.127 e. The van der Waals surface area contributed by atoms with Crippen molar-refractivity contribution in [2.75, 3.05) is 70.1 Å². The molecule has 0 spiro atoms. The van der Waals surface area contributed by atoms with Gasteiger partial charge in [-0.3, -0.25) is 4.90 Å². The molecule has 0 atom stereocenters. The Bertz CT molecular complexity index is 399. The minimum Gasteiger partial charge on any atom is -0.370 e. The summed E-state index contributed by atoms with van der Waals surface area (Å²) < 4.78 is 0. The van der Waals surface area contributed by atoms with Crippen molar-refractivity contribution >= 4 is 11.5 Å². The number of nitrogens with zero attached hydrogens (tertiary/aromatic N) is 4. The maximum absolute atomic E-state index is 4.33. The molecule has 0 saturated carbocycles. The first-order valence-corrected chi connectivity index (χ1v) is 7.51. The zero-order chi connectivity index (χ0) is 14.4. The average Bonchev–Trinajstić information content (AvgIpc) is 2.46. The van der Waals surface area contributed by atoms with Crippen LogP contribution >= 0.6 is 0 Å². The SMILES string of the molecule is CCNc1cc(N2CCN(CCN(C)C)CC2)ccn1. The molecule has 20 heavy (non-hydrogen) atoms. The van der Waals surface area contributed by atoms with E-state index < -0.39 is 0 Å². The molecule has 1 N–H and O–H groups in total. The number of aromatic nitrogens is 1. The van der Waals surface area contributed by atoms with Crippen LogP contribution in [0.1, 0.15) is 6.92 Å². The van der Waals surface area contributed by atoms with E-state index in [1.807, 2.05) is 6.20 Å². The predicted molar refractivity (Wildman–Crippen MR) is 85.6 cm³/mol. The van der Waals surface area contributed by atoms with Crippen molar-refractivity contribution in [2.45, 2.75) is 6.92 Å². The Morgan fingerprint density at radius 3 is 2.65 bits per heavy atom. The second-order valence-electron chi connectivity index (χ2n) is 5.56.